The Morgan fingerprint density at radius 3 is 2.69 bits per heavy atom. The van der Waals surface area contributed by atoms with E-state index in [0.717, 1.165) is 30.1 Å². The van der Waals surface area contributed by atoms with Crippen molar-refractivity contribution < 1.29 is 9.67 Å². The molecule has 2 atom stereocenters. The van der Waals surface area contributed by atoms with E-state index in [1.54, 1.807) is 0 Å². The van der Waals surface area contributed by atoms with Crippen LogP contribution in [0.25, 0.3) is 0 Å². The Hall–Kier alpha value is -0.850. The Morgan fingerprint density at radius 1 is 1.25 bits per heavy atom. The largest absolute Gasteiger partial charge is 0.385 e. The fourth-order valence-electron chi connectivity index (χ4n) is 2.86. The minimum absolute atomic E-state index is 0.416. The van der Waals surface area contributed by atoms with Crippen LogP contribution >= 0.6 is 7.14 Å². The summed E-state index contributed by atoms with van der Waals surface area (Å²) in [4.78, 5) is 0. The summed E-state index contributed by atoms with van der Waals surface area (Å²) in [6, 6.07) is 9.55. The monoisotopic (exact) mass is 234 g/mol. The predicted molar refractivity (Wildman–Crippen MR) is 65.4 cm³/mol. The summed E-state index contributed by atoms with van der Waals surface area (Å²) < 4.78 is 12.8. The van der Waals surface area contributed by atoms with Crippen LogP contribution < -0.4 is 5.30 Å². The molecule has 1 aliphatic carbocycles. The van der Waals surface area contributed by atoms with E-state index in [1.165, 1.54) is 0 Å². The molecule has 1 N–H and O–H groups in total. The topological polar surface area (TPSA) is 37.3 Å². The van der Waals surface area contributed by atoms with E-state index >= 15 is 0 Å². The highest BCUT2D eigenvalue weighted by molar-refractivity contribution is 7.75. The molecule has 0 spiro atoms. The lowest BCUT2D eigenvalue weighted by molar-refractivity contribution is 0.112. The van der Waals surface area contributed by atoms with E-state index in [0.29, 0.717) is 6.16 Å². The average molecular weight is 234 g/mol. The number of rotatable bonds is 1. The maximum Gasteiger partial charge on any atom is 0.139 e. The second-order valence-electron chi connectivity index (χ2n) is 4.83. The van der Waals surface area contributed by atoms with Crippen LogP contribution in [-0.4, -0.2) is 16.9 Å². The molecule has 1 heterocycles. The highest BCUT2D eigenvalue weighted by Gasteiger charge is 2.48. The molecule has 1 fully saturated rings. The van der Waals surface area contributed by atoms with Gasteiger partial charge in [-0.05, 0) is 30.7 Å². The highest BCUT2D eigenvalue weighted by atomic mass is 31.2. The van der Waals surface area contributed by atoms with E-state index in [4.69, 9.17) is 0 Å². The molecule has 3 heteroatoms. The molecule has 1 aromatic rings. The van der Waals surface area contributed by atoms with Crippen molar-refractivity contribution in [3.05, 3.63) is 41.7 Å². The van der Waals surface area contributed by atoms with Crippen LogP contribution in [0.15, 0.2) is 41.7 Å². The van der Waals surface area contributed by atoms with E-state index in [2.05, 4.69) is 0 Å². The Balaban J connectivity index is 2.05. The lowest BCUT2D eigenvalue weighted by atomic mass is 10.0. The zero-order chi connectivity index (χ0) is 11.2. The fourth-order valence-corrected chi connectivity index (χ4v) is 5.97. The zero-order valence-corrected chi connectivity index (χ0v) is 9.99. The lowest BCUT2D eigenvalue weighted by Crippen LogP contribution is -2.28. The highest BCUT2D eigenvalue weighted by Crippen LogP contribution is 2.60. The lowest BCUT2D eigenvalue weighted by Gasteiger charge is -2.20. The van der Waals surface area contributed by atoms with Crippen LogP contribution in [0.4, 0.5) is 0 Å². The maximum atomic E-state index is 12.8. The predicted octanol–water partition coefficient (Wildman–Crippen LogP) is 2.49. The summed E-state index contributed by atoms with van der Waals surface area (Å²) in [7, 11) is -2.48. The maximum absolute atomic E-state index is 12.8. The first-order valence-electron chi connectivity index (χ1n) is 5.71. The van der Waals surface area contributed by atoms with Crippen molar-refractivity contribution in [2.45, 2.75) is 24.9 Å². The van der Waals surface area contributed by atoms with Gasteiger partial charge in [0.15, 0.2) is 0 Å². The van der Waals surface area contributed by atoms with E-state index < -0.39 is 12.7 Å². The van der Waals surface area contributed by atoms with Crippen molar-refractivity contribution in [1.82, 2.24) is 0 Å². The van der Waals surface area contributed by atoms with Crippen LogP contribution in [0.5, 0.6) is 0 Å². The first-order valence-corrected chi connectivity index (χ1v) is 7.68. The van der Waals surface area contributed by atoms with Gasteiger partial charge in [-0.1, -0.05) is 30.3 Å². The van der Waals surface area contributed by atoms with Gasteiger partial charge in [-0.3, -0.25) is 0 Å². The molecule has 3 rings (SSSR count). The minimum Gasteiger partial charge on any atom is -0.385 e. The van der Waals surface area contributed by atoms with Crippen LogP contribution in [0.2, 0.25) is 0 Å². The van der Waals surface area contributed by atoms with E-state index in [1.807, 2.05) is 36.1 Å². The van der Waals surface area contributed by atoms with Gasteiger partial charge in [0.25, 0.3) is 0 Å². The van der Waals surface area contributed by atoms with Gasteiger partial charge < -0.3 is 9.67 Å². The molecule has 0 radical (unpaired) electrons. The quantitative estimate of drug-likeness (QED) is 0.758. The second-order valence-corrected chi connectivity index (χ2v) is 7.51. The molecule has 0 bridgehead atoms. The summed E-state index contributed by atoms with van der Waals surface area (Å²) in [6.07, 6.45) is 3.12. The van der Waals surface area contributed by atoms with E-state index in [-0.39, 0.29) is 0 Å². The Morgan fingerprint density at radius 2 is 2.00 bits per heavy atom. The SMILES string of the molecule is O=P1(c2ccccc2)C=C2CCCC2(O)C1. The zero-order valence-electron chi connectivity index (χ0n) is 9.10. The number of benzene rings is 1. The van der Waals surface area contributed by atoms with Gasteiger partial charge in [-0.15, -0.1) is 0 Å². The normalized spacial score (nSPS) is 37.2. The molecular formula is C13H15O2P. The summed E-state index contributed by atoms with van der Waals surface area (Å²) in [5, 5.41) is 11.3. The van der Waals surface area contributed by atoms with Crippen molar-refractivity contribution in [2.24, 2.45) is 0 Å². The first-order chi connectivity index (χ1) is 7.62. The number of fused-ring (bicyclic) bond motifs is 1. The molecule has 1 saturated carbocycles. The standard InChI is InChI=1S/C13H15O2P/c14-13-8-4-5-11(13)9-16(15,10-13)12-6-2-1-3-7-12/h1-3,6-7,9,14H,4-5,8,10H2. The summed E-state index contributed by atoms with van der Waals surface area (Å²) >= 11 is 0. The Labute approximate surface area is 95.4 Å². The van der Waals surface area contributed by atoms with Crippen molar-refractivity contribution in [1.29, 1.82) is 0 Å². The first kappa shape index (κ1) is 10.3. The molecule has 0 aromatic heterocycles. The van der Waals surface area contributed by atoms with Crippen LogP contribution in [0, 0.1) is 0 Å². The minimum atomic E-state index is -2.48. The van der Waals surface area contributed by atoms with Gasteiger partial charge in [0.05, 0.1) is 5.60 Å². The molecule has 1 aromatic carbocycles. The average Bonchev–Trinajstić information content (AvgIpc) is 2.71. The molecule has 84 valence electrons. The molecule has 0 saturated heterocycles. The number of aliphatic hydroxyl groups is 1. The third-order valence-electron chi connectivity index (χ3n) is 3.69. The van der Waals surface area contributed by atoms with Crippen molar-refractivity contribution >= 4 is 12.4 Å². The summed E-state index contributed by atoms with van der Waals surface area (Å²) in [5.74, 6) is 1.87. The second kappa shape index (κ2) is 3.32. The molecule has 2 nitrogen and oxygen atoms in total. The fraction of sp³-hybridized carbons (Fsp3) is 0.385. The van der Waals surface area contributed by atoms with Gasteiger partial charge >= 0.3 is 0 Å². The molecule has 1 aliphatic heterocycles. The summed E-state index contributed by atoms with van der Waals surface area (Å²) in [6.45, 7) is 0. The van der Waals surface area contributed by atoms with Crippen molar-refractivity contribution in [2.75, 3.05) is 6.16 Å². The third-order valence-corrected chi connectivity index (χ3v) is 6.58. The molecule has 16 heavy (non-hydrogen) atoms. The molecular weight excluding hydrogens is 219 g/mol. The smallest absolute Gasteiger partial charge is 0.139 e. The van der Waals surface area contributed by atoms with Gasteiger partial charge in [-0.25, -0.2) is 0 Å². The number of hydrogen-bond acceptors (Lipinski definition) is 2. The number of hydrogen-bond donors (Lipinski definition) is 1. The molecule has 2 unspecified atom stereocenters. The van der Waals surface area contributed by atoms with Crippen molar-refractivity contribution in [3.8, 4) is 0 Å². The van der Waals surface area contributed by atoms with Gasteiger partial charge in [0.2, 0.25) is 0 Å². The van der Waals surface area contributed by atoms with Gasteiger partial charge in [0, 0.05) is 11.5 Å². The molecule has 2 aliphatic rings. The third kappa shape index (κ3) is 1.41. The molecule has 0 amide bonds. The van der Waals surface area contributed by atoms with Crippen LogP contribution in [0.3, 0.4) is 0 Å². The van der Waals surface area contributed by atoms with Gasteiger partial charge in [-0.2, -0.15) is 0 Å². The van der Waals surface area contributed by atoms with Crippen LogP contribution in [-0.2, 0) is 4.57 Å². The summed E-state index contributed by atoms with van der Waals surface area (Å²) in [5.41, 5.74) is 0.255. The van der Waals surface area contributed by atoms with Crippen LogP contribution in [0.1, 0.15) is 19.3 Å². The Kier molecular flexibility index (Phi) is 2.14. The Bertz CT molecular complexity index is 492. The van der Waals surface area contributed by atoms with E-state index in [9.17, 15) is 9.67 Å². The van der Waals surface area contributed by atoms with Crippen molar-refractivity contribution in [3.63, 3.8) is 0 Å². The van der Waals surface area contributed by atoms with Gasteiger partial charge in [0.1, 0.15) is 7.14 Å².